The van der Waals surface area contributed by atoms with Gasteiger partial charge in [-0.25, -0.2) is 13.1 Å². The number of hydrogen-bond donors (Lipinski definition) is 2. The molecule has 3 N–H and O–H groups in total. The van der Waals surface area contributed by atoms with Gasteiger partial charge in [0.25, 0.3) is 0 Å². The van der Waals surface area contributed by atoms with Crippen LogP contribution in [0.25, 0.3) is 0 Å². The van der Waals surface area contributed by atoms with E-state index in [-0.39, 0.29) is 15.7 Å². The van der Waals surface area contributed by atoms with Crippen molar-refractivity contribution < 1.29 is 8.42 Å². The van der Waals surface area contributed by atoms with Crippen LogP contribution < -0.4 is 10.5 Å². The van der Waals surface area contributed by atoms with E-state index in [1.807, 2.05) is 0 Å². The summed E-state index contributed by atoms with van der Waals surface area (Å²) < 4.78 is 26.6. The Bertz CT molecular complexity index is 476. The third-order valence-corrected chi connectivity index (χ3v) is 5.46. The van der Waals surface area contributed by atoms with Crippen LogP contribution in [0.15, 0.2) is 10.3 Å². The zero-order chi connectivity index (χ0) is 12.3. The smallest absolute Gasteiger partial charge is 0.250 e. The number of nitrogens with one attached hydrogen (secondary N) is 1. The van der Waals surface area contributed by atoms with E-state index in [9.17, 15) is 8.42 Å². The molecule has 0 aliphatic heterocycles. The molecule has 0 radical (unpaired) electrons. The summed E-state index contributed by atoms with van der Waals surface area (Å²) in [6, 6.07) is 1.54. The first-order valence-electron chi connectivity index (χ1n) is 4.37. The van der Waals surface area contributed by atoms with Crippen molar-refractivity contribution in [3.8, 4) is 0 Å². The van der Waals surface area contributed by atoms with E-state index in [4.69, 9.17) is 17.3 Å². The molecule has 1 heterocycles. The molecule has 4 nitrogen and oxygen atoms in total. The van der Waals surface area contributed by atoms with Crippen LogP contribution in [0.3, 0.4) is 0 Å². The standard InChI is InChI=1S/C8H11ClN2O2S3/c1-5-4-7(15-8(5)9)16(12,13)11-3-2-6(10)14/h4,11H,2-3H2,1H3,(H2,10,14). The van der Waals surface area contributed by atoms with E-state index in [0.717, 1.165) is 16.9 Å². The molecule has 0 aliphatic carbocycles. The molecule has 90 valence electrons. The Balaban J connectivity index is 2.74. The van der Waals surface area contributed by atoms with Gasteiger partial charge in [-0.3, -0.25) is 0 Å². The van der Waals surface area contributed by atoms with Crippen molar-refractivity contribution in [2.45, 2.75) is 17.6 Å². The lowest BCUT2D eigenvalue weighted by molar-refractivity contribution is 0.585. The van der Waals surface area contributed by atoms with E-state index in [0.29, 0.717) is 10.8 Å². The molecular weight excluding hydrogens is 288 g/mol. The molecule has 0 aromatic carbocycles. The summed E-state index contributed by atoms with van der Waals surface area (Å²) in [6.45, 7) is 1.96. The van der Waals surface area contributed by atoms with Crippen LogP contribution in [-0.4, -0.2) is 20.0 Å². The highest BCUT2D eigenvalue weighted by Crippen LogP contribution is 2.29. The summed E-state index contributed by atoms with van der Waals surface area (Å²) in [4.78, 5) is 0.281. The van der Waals surface area contributed by atoms with Crippen molar-refractivity contribution in [3.63, 3.8) is 0 Å². The van der Waals surface area contributed by atoms with Crippen molar-refractivity contribution in [2.24, 2.45) is 5.73 Å². The Hall–Kier alpha value is -0.210. The average molecular weight is 299 g/mol. The fraction of sp³-hybridized carbons (Fsp3) is 0.375. The van der Waals surface area contributed by atoms with Crippen molar-refractivity contribution in [2.75, 3.05) is 6.54 Å². The van der Waals surface area contributed by atoms with E-state index in [2.05, 4.69) is 16.9 Å². The lowest BCUT2D eigenvalue weighted by atomic mass is 10.4. The van der Waals surface area contributed by atoms with Crippen LogP contribution in [0.5, 0.6) is 0 Å². The van der Waals surface area contributed by atoms with Gasteiger partial charge in [0.05, 0.1) is 9.32 Å². The number of nitrogens with two attached hydrogens (primary N) is 1. The van der Waals surface area contributed by atoms with Gasteiger partial charge in [0.2, 0.25) is 10.0 Å². The van der Waals surface area contributed by atoms with Gasteiger partial charge in [0.1, 0.15) is 4.21 Å². The quantitative estimate of drug-likeness (QED) is 0.811. The number of halogens is 1. The highest BCUT2D eigenvalue weighted by molar-refractivity contribution is 7.91. The van der Waals surface area contributed by atoms with Gasteiger partial charge in [-0.2, -0.15) is 0 Å². The molecule has 0 saturated carbocycles. The predicted octanol–water partition coefficient (Wildman–Crippen LogP) is 1.66. The summed E-state index contributed by atoms with van der Waals surface area (Å²) in [5, 5.41) is 0. The van der Waals surface area contributed by atoms with Crippen LogP contribution in [0.4, 0.5) is 0 Å². The van der Waals surface area contributed by atoms with Gasteiger partial charge in [-0.1, -0.05) is 23.8 Å². The molecule has 0 unspecified atom stereocenters. The molecule has 0 atom stereocenters. The minimum Gasteiger partial charge on any atom is -0.393 e. The summed E-state index contributed by atoms with van der Waals surface area (Å²) in [5.74, 6) is 0. The number of hydrogen-bond acceptors (Lipinski definition) is 4. The van der Waals surface area contributed by atoms with Gasteiger partial charge in [-0.05, 0) is 18.6 Å². The maximum absolute atomic E-state index is 11.7. The Kier molecular flexibility index (Phi) is 4.69. The first-order valence-corrected chi connectivity index (χ1v) is 7.45. The monoisotopic (exact) mass is 298 g/mol. The van der Waals surface area contributed by atoms with E-state index < -0.39 is 10.0 Å². The van der Waals surface area contributed by atoms with Gasteiger partial charge in [0.15, 0.2) is 0 Å². The summed E-state index contributed by atoms with van der Waals surface area (Å²) in [5.41, 5.74) is 6.02. The van der Waals surface area contributed by atoms with E-state index >= 15 is 0 Å². The van der Waals surface area contributed by atoms with Crippen LogP contribution in [0.2, 0.25) is 4.34 Å². The van der Waals surface area contributed by atoms with Gasteiger partial charge in [-0.15, -0.1) is 11.3 Å². The number of thiocarbonyl (C=S) groups is 1. The first-order chi connectivity index (χ1) is 7.33. The molecule has 0 bridgehead atoms. The molecule has 1 rings (SSSR count). The van der Waals surface area contributed by atoms with Gasteiger partial charge < -0.3 is 5.73 Å². The highest BCUT2D eigenvalue weighted by Gasteiger charge is 2.17. The molecule has 1 aromatic rings. The van der Waals surface area contributed by atoms with Crippen molar-refractivity contribution in [3.05, 3.63) is 16.0 Å². The number of sulfonamides is 1. The number of rotatable bonds is 5. The topological polar surface area (TPSA) is 72.2 Å². The zero-order valence-electron chi connectivity index (χ0n) is 8.49. The molecule has 0 aliphatic rings. The van der Waals surface area contributed by atoms with Gasteiger partial charge in [0, 0.05) is 13.0 Å². The van der Waals surface area contributed by atoms with Crippen LogP contribution in [-0.2, 0) is 10.0 Å². The minimum absolute atomic E-state index is 0.201. The second kappa shape index (κ2) is 5.42. The maximum atomic E-state index is 11.7. The number of thiophene rings is 1. The molecule has 8 heteroatoms. The normalized spacial score (nSPS) is 11.6. The fourth-order valence-corrected chi connectivity index (χ4v) is 3.83. The van der Waals surface area contributed by atoms with E-state index in [1.165, 1.54) is 6.07 Å². The second-order valence-electron chi connectivity index (χ2n) is 3.14. The minimum atomic E-state index is -3.49. The largest absolute Gasteiger partial charge is 0.393 e. The Labute approximate surface area is 109 Å². The van der Waals surface area contributed by atoms with Crippen LogP contribution in [0.1, 0.15) is 12.0 Å². The first kappa shape index (κ1) is 13.9. The van der Waals surface area contributed by atoms with Crippen LogP contribution in [0, 0.1) is 6.92 Å². The molecule has 0 fully saturated rings. The summed E-state index contributed by atoms with van der Waals surface area (Å²) in [6.07, 6.45) is 0.340. The fourth-order valence-electron chi connectivity index (χ4n) is 0.944. The van der Waals surface area contributed by atoms with Crippen molar-refractivity contribution in [1.82, 2.24) is 4.72 Å². The Morgan fingerprint density at radius 3 is 2.75 bits per heavy atom. The molecule has 0 amide bonds. The molecule has 16 heavy (non-hydrogen) atoms. The molecule has 0 saturated heterocycles. The summed E-state index contributed by atoms with van der Waals surface area (Å²) >= 11 is 11.5. The van der Waals surface area contributed by atoms with Crippen molar-refractivity contribution >= 4 is 50.2 Å². The third kappa shape index (κ3) is 3.67. The average Bonchev–Trinajstić information content (AvgIpc) is 2.46. The van der Waals surface area contributed by atoms with Crippen LogP contribution >= 0.6 is 35.2 Å². The Morgan fingerprint density at radius 1 is 1.69 bits per heavy atom. The summed E-state index contributed by atoms with van der Waals surface area (Å²) in [7, 11) is -3.49. The molecule has 0 spiro atoms. The SMILES string of the molecule is Cc1cc(S(=O)(=O)NCCC(N)=S)sc1Cl. The lowest BCUT2D eigenvalue weighted by Gasteiger charge is -2.03. The number of aryl methyl sites for hydroxylation is 1. The lowest BCUT2D eigenvalue weighted by Crippen LogP contribution is -2.26. The maximum Gasteiger partial charge on any atom is 0.250 e. The Morgan fingerprint density at radius 2 is 2.31 bits per heavy atom. The van der Waals surface area contributed by atoms with Gasteiger partial charge >= 0.3 is 0 Å². The second-order valence-corrected chi connectivity index (χ2v) is 7.31. The third-order valence-electron chi connectivity index (χ3n) is 1.76. The molecular formula is C8H11ClN2O2S3. The predicted molar refractivity (Wildman–Crippen MR) is 70.7 cm³/mol. The van der Waals surface area contributed by atoms with Crippen molar-refractivity contribution in [1.29, 1.82) is 0 Å². The molecule has 1 aromatic heterocycles. The van der Waals surface area contributed by atoms with E-state index in [1.54, 1.807) is 6.92 Å². The highest BCUT2D eigenvalue weighted by atomic mass is 35.5. The zero-order valence-corrected chi connectivity index (χ0v) is 11.7.